The van der Waals surface area contributed by atoms with E-state index in [2.05, 4.69) is 50.4 Å². The molecular formula is C12H17BrN2. The molecule has 3 heteroatoms. The second kappa shape index (κ2) is 5.10. The van der Waals surface area contributed by atoms with Gasteiger partial charge in [0.1, 0.15) is 0 Å². The second-order valence-corrected chi connectivity index (χ2v) is 5.05. The Kier molecular flexibility index (Phi) is 3.78. The molecule has 0 radical (unpaired) electrons. The summed E-state index contributed by atoms with van der Waals surface area (Å²) >= 11 is 3.46. The number of hydrogen-bond donors (Lipinski definition) is 1. The fourth-order valence-electron chi connectivity index (χ4n) is 2.06. The van der Waals surface area contributed by atoms with Gasteiger partial charge < -0.3 is 5.32 Å². The standard InChI is InChI=1S/C12H17BrN2/c1-14-12-6-7-15(9-12)8-10-2-4-11(13)5-3-10/h2-5,12,14H,6-9H2,1H3. The SMILES string of the molecule is CNC1CCN(Cc2ccc(Br)cc2)C1. The third kappa shape index (κ3) is 3.03. The van der Waals surface area contributed by atoms with E-state index in [0.717, 1.165) is 11.0 Å². The number of benzene rings is 1. The molecule has 0 aliphatic carbocycles. The Labute approximate surface area is 99.8 Å². The highest BCUT2D eigenvalue weighted by atomic mass is 79.9. The number of likely N-dealkylation sites (N-methyl/N-ethyl adjacent to an activating group) is 1. The first-order valence-corrected chi connectivity index (χ1v) is 6.21. The molecule has 82 valence electrons. The molecule has 1 atom stereocenters. The molecule has 1 fully saturated rings. The Bertz CT molecular complexity index is 310. The summed E-state index contributed by atoms with van der Waals surface area (Å²) in [5.41, 5.74) is 1.40. The van der Waals surface area contributed by atoms with Crippen molar-refractivity contribution in [2.75, 3.05) is 20.1 Å². The number of halogens is 1. The molecule has 15 heavy (non-hydrogen) atoms. The first-order valence-electron chi connectivity index (χ1n) is 5.42. The fourth-order valence-corrected chi connectivity index (χ4v) is 2.32. The molecule has 1 aliphatic rings. The lowest BCUT2D eigenvalue weighted by atomic mass is 10.2. The summed E-state index contributed by atoms with van der Waals surface area (Å²) in [4.78, 5) is 2.50. The molecule has 1 heterocycles. The van der Waals surface area contributed by atoms with Gasteiger partial charge in [-0.2, -0.15) is 0 Å². The summed E-state index contributed by atoms with van der Waals surface area (Å²) in [6.07, 6.45) is 1.27. The minimum Gasteiger partial charge on any atom is -0.316 e. The van der Waals surface area contributed by atoms with Gasteiger partial charge in [-0.05, 0) is 31.2 Å². The average Bonchev–Trinajstić information content (AvgIpc) is 2.69. The van der Waals surface area contributed by atoms with Crippen molar-refractivity contribution in [1.29, 1.82) is 0 Å². The molecule has 1 aromatic carbocycles. The van der Waals surface area contributed by atoms with E-state index in [9.17, 15) is 0 Å². The van der Waals surface area contributed by atoms with Crippen LogP contribution < -0.4 is 5.32 Å². The lowest BCUT2D eigenvalue weighted by Gasteiger charge is -2.15. The van der Waals surface area contributed by atoms with Gasteiger partial charge in [-0.15, -0.1) is 0 Å². The van der Waals surface area contributed by atoms with Crippen LogP contribution in [-0.2, 0) is 6.54 Å². The summed E-state index contributed by atoms with van der Waals surface area (Å²) in [5, 5.41) is 3.34. The van der Waals surface area contributed by atoms with Gasteiger partial charge in [0.05, 0.1) is 0 Å². The van der Waals surface area contributed by atoms with Gasteiger partial charge >= 0.3 is 0 Å². The molecule has 2 rings (SSSR count). The number of likely N-dealkylation sites (tertiary alicyclic amines) is 1. The number of nitrogens with one attached hydrogen (secondary N) is 1. The zero-order valence-corrected chi connectivity index (χ0v) is 10.6. The summed E-state index contributed by atoms with van der Waals surface area (Å²) in [7, 11) is 2.05. The summed E-state index contributed by atoms with van der Waals surface area (Å²) < 4.78 is 1.15. The minimum absolute atomic E-state index is 0.681. The van der Waals surface area contributed by atoms with E-state index in [0.29, 0.717) is 6.04 Å². The van der Waals surface area contributed by atoms with Crippen LogP contribution in [0.2, 0.25) is 0 Å². The maximum Gasteiger partial charge on any atom is 0.0234 e. The van der Waals surface area contributed by atoms with E-state index in [1.807, 2.05) is 7.05 Å². The second-order valence-electron chi connectivity index (χ2n) is 4.14. The Hall–Kier alpha value is -0.380. The van der Waals surface area contributed by atoms with E-state index < -0.39 is 0 Å². The molecule has 1 aromatic rings. The van der Waals surface area contributed by atoms with Gasteiger partial charge in [-0.1, -0.05) is 28.1 Å². The molecule has 1 unspecified atom stereocenters. The Morgan fingerprint density at radius 2 is 2.13 bits per heavy atom. The summed E-state index contributed by atoms with van der Waals surface area (Å²) in [5.74, 6) is 0. The van der Waals surface area contributed by atoms with Crippen molar-refractivity contribution in [2.24, 2.45) is 0 Å². The van der Waals surface area contributed by atoms with Crippen molar-refractivity contribution in [3.05, 3.63) is 34.3 Å². The topological polar surface area (TPSA) is 15.3 Å². The van der Waals surface area contributed by atoms with E-state index in [1.54, 1.807) is 0 Å². The largest absolute Gasteiger partial charge is 0.316 e. The Balaban J connectivity index is 1.90. The van der Waals surface area contributed by atoms with E-state index in [4.69, 9.17) is 0 Å². The van der Waals surface area contributed by atoms with Crippen LogP contribution in [0.4, 0.5) is 0 Å². The Morgan fingerprint density at radius 3 is 2.73 bits per heavy atom. The van der Waals surface area contributed by atoms with E-state index in [1.165, 1.54) is 25.1 Å². The molecule has 0 amide bonds. The van der Waals surface area contributed by atoms with Crippen LogP contribution in [-0.4, -0.2) is 31.1 Å². The summed E-state index contributed by atoms with van der Waals surface area (Å²) in [6, 6.07) is 9.29. The molecular weight excluding hydrogens is 252 g/mol. The molecule has 1 saturated heterocycles. The van der Waals surface area contributed by atoms with Crippen LogP contribution in [0.25, 0.3) is 0 Å². The van der Waals surface area contributed by atoms with E-state index in [-0.39, 0.29) is 0 Å². The van der Waals surface area contributed by atoms with Crippen molar-refractivity contribution in [2.45, 2.75) is 19.0 Å². The van der Waals surface area contributed by atoms with Gasteiger partial charge in [-0.25, -0.2) is 0 Å². The zero-order chi connectivity index (χ0) is 10.7. The van der Waals surface area contributed by atoms with Gasteiger partial charge in [0.2, 0.25) is 0 Å². The van der Waals surface area contributed by atoms with Crippen LogP contribution in [0.1, 0.15) is 12.0 Å². The number of hydrogen-bond acceptors (Lipinski definition) is 2. The maximum atomic E-state index is 3.46. The van der Waals surface area contributed by atoms with E-state index >= 15 is 0 Å². The smallest absolute Gasteiger partial charge is 0.0234 e. The van der Waals surface area contributed by atoms with Crippen molar-refractivity contribution in [3.8, 4) is 0 Å². The molecule has 1 N–H and O–H groups in total. The highest BCUT2D eigenvalue weighted by Crippen LogP contribution is 2.15. The predicted octanol–water partition coefficient (Wildman–Crippen LogP) is 2.24. The molecule has 0 saturated carbocycles. The average molecular weight is 269 g/mol. The minimum atomic E-state index is 0.681. The first-order chi connectivity index (χ1) is 7.28. The highest BCUT2D eigenvalue weighted by Gasteiger charge is 2.20. The van der Waals surface area contributed by atoms with Crippen molar-refractivity contribution in [1.82, 2.24) is 10.2 Å². The zero-order valence-electron chi connectivity index (χ0n) is 9.04. The van der Waals surface area contributed by atoms with Crippen molar-refractivity contribution in [3.63, 3.8) is 0 Å². The maximum absolute atomic E-state index is 3.46. The molecule has 1 aliphatic heterocycles. The van der Waals surface area contributed by atoms with Crippen LogP contribution in [0.5, 0.6) is 0 Å². The van der Waals surface area contributed by atoms with Crippen LogP contribution >= 0.6 is 15.9 Å². The predicted molar refractivity (Wildman–Crippen MR) is 66.9 cm³/mol. The molecule has 0 aromatic heterocycles. The third-order valence-electron chi connectivity index (χ3n) is 3.00. The van der Waals surface area contributed by atoms with Gasteiger partial charge in [-0.3, -0.25) is 4.90 Å². The normalized spacial score (nSPS) is 22.1. The lowest BCUT2D eigenvalue weighted by molar-refractivity contribution is 0.322. The van der Waals surface area contributed by atoms with Crippen molar-refractivity contribution >= 4 is 15.9 Å². The number of rotatable bonds is 3. The first kappa shape index (κ1) is 11.1. The van der Waals surface area contributed by atoms with Crippen LogP contribution in [0, 0.1) is 0 Å². The van der Waals surface area contributed by atoms with Crippen molar-refractivity contribution < 1.29 is 0 Å². The molecule has 2 nitrogen and oxygen atoms in total. The molecule has 0 spiro atoms. The third-order valence-corrected chi connectivity index (χ3v) is 3.53. The van der Waals surface area contributed by atoms with Crippen LogP contribution in [0.3, 0.4) is 0 Å². The van der Waals surface area contributed by atoms with Gasteiger partial charge in [0.25, 0.3) is 0 Å². The Morgan fingerprint density at radius 1 is 1.40 bits per heavy atom. The quantitative estimate of drug-likeness (QED) is 0.905. The molecule has 0 bridgehead atoms. The highest BCUT2D eigenvalue weighted by molar-refractivity contribution is 9.10. The lowest BCUT2D eigenvalue weighted by Crippen LogP contribution is -2.29. The monoisotopic (exact) mass is 268 g/mol. The van der Waals surface area contributed by atoms with Crippen LogP contribution in [0.15, 0.2) is 28.7 Å². The number of nitrogens with zero attached hydrogens (tertiary/aromatic N) is 1. The summed E-state index contributed by atoms with van der Waals surface area (Å²) in [6.45, 7) is 3.46. The van der Waals surface area contributed by atoms with Gasteiger partial charge in [0.15, 0.2) is 0 Å². The van der Waals surface area contributed by atoms with Gasteiger partial charge in [0, 0.05) is 30.1 Å². The fraction of sp³-hybridized carbons (Fsp3) is 0.500.